The average Bonchev–Trinajstić information content (AvgIpc) is 2.90. The summed E-state index contributed by atoms with van der Waals surface area (Å²) in [7, 11) is 0. The molecule has 0 unspecified atom stereocenters. The summed E-state index contributed by atoms with van der Waals surface area (Å²) in [6, 6.07) is 10.2. The number of benzene rings is 1. The zero-order valence-corrected chi connectivity index (χ0v) is 21.8. The number of carbonyl (C=O) groups is 4. The third kappa shape index (κ3) is 5.63. The maximum Gasteiger partial charge on any atom is 0.328 e. The molecule has 4 N–H and O–H groups in total. The second-order valence-electron chi connectivity index (χ2n) is 9.95. The number of piperidine rings is 1. The number of aromatic nitrogens is 1. The van der Waals surface area contributed by atoms with Gasteiger partial charge in [-0.3, -0.25) is 39.8 Å². The molecule has 1 spiro atoms. The van der Waals surface area contributed by atoms with E-state index >= 15 is 0 Å². The number of hydrogen-bond donors (Lipinski definition) is 4. The summed E-state index contributed by atoms with van der Waals surface area (Å²) in [5.41, 5.74) is -0.174. The summed E-state index contributed by atoms with van der Waals surface area (Å²) < 4.78 is 5.89. The van der Waals surface area contributed by atoms with Gasteiger partial charge in [-0.25, -0.2) is 4.79 Å². The van der Waals surface area contributed by atoms with Crippen LogP contribution in [0.25, 0.3) is 0 Å². The van der Waals surface area contributed by atoms with Crippen molar-refractivity contribution in [1.29, 1.82) is 0 Å². The van der Waals surface area contributed by atoms with Crippen LogP contribution < -0.4 is 15.4 Å². The summed E-state index contributed by atoms with van der Waals surface area (Å²) in [5.74, 6) is -0.257. The van der Waals surface area contributed by atoms with Crippen molar-refractivity contribution in [1.82, 2.24) is 25.4 Å². The zero-order chi connectivity index (χ0) is 28.0. The summed E-state index contributed by atoms with van der Waals surface area (Å²) >= 11 is 0. The molecular formula is C27H33N5O7. The van der Waals surface area contributed by atoms with Gasteiger partial charge in [0.05, 0.1) is 18.5 Å². The number of pyridine rings is 1. The molecule has 1 aromatic heterocycles. The van der Waals surface area contributed by atoms with E-state index in [1.165, 1.54) is 11.8 Å². The number of aryl methyl sites for hydroxylation is 1. The van der Waals surface area contributed by atoms with E-state index in [1.807, 2.05) is 29.2 Å². The fourth-order valence-corrected chi connectivity index (χ4v) is 5.62. The first kappa shape index (κ1) is 28.1. The predicted molar refractivity (Wildman–Crippen MR) is 139 cm³/mol. The molecule has 39 heavy (non-hydrogen) atoms. The van der Waals surface area contributed by atoms with Crippen molar-refractivity contribution < 1.29 is 34.1 Å². The van der Waals surface area contributed by atoms with Gasteiger partial charge in [0.15, 0.2) is 0 Å². The van der Waals surface area contributed by atoms with E-state index in [-0.39, 0.29) is 24.2 Å². The lowest BCUT2D eigenvalue weighted by Gasteiger charge is -2.56. The predicted octanol–water partition coefficient (Wildman–Crippen LogP) is 1.09. The number of urea groups is 1. The van der Waals surface area contributed by atoms with Crippen molar-refractivity contribution in [2.75, 3.05) is 39.3 Å². The highest BCUT2D eigenvalue weighted by molar-refractivity contribution is 6.22. The first-order valence-electron chi connectivity index (χ1n) is 12.9. The van der Waals surface area contributed by atoms with E-state index < -0.39 is 23.4 Å². The van der Waals surface area contributed by atoms with Crippen molar-refractivity contribution in [3.05, 3.63) is 53.9 Å². The minimum atomic E-state index is -1.74. The highest BCUT2D eigenvalue weighted by atomic mass is 16.5. The lowest BCUT2D eigenvalue weighted by Crippen LogP contribution is -2.73. The Morgan fingerprint density at radius 2 is 1.59 bits per heavy atom. The largest absolute Gasteiger partial charge is 0.483 e. The Bertz CT molecular complexity index is 1170. The number of hydrogen-bond acceptors (Lipinski definition) is 9. The maximum absolute atomic E-state index is 13.3. The SMILES string of the molecule is CCc1ccc(Oc2ccc(C3(N4CCC5(CC4)CN(CCO)C5)C(=O)NC(=O)NC3=O)nc2)cc1.O=CO. The molecule has 3 saturated heterocycles. The van der Waals surface area contributed by atoms with Crippen LogP contribution >= 0.6 is 0 Å². The fraction of sp³-hybridized carbons (Fsp3) is 0.444. The van der Waals surface area contributed by atoms with Crippen LogP contribution in [0.15, 0.2) is 42.6 Å². The highest BCUT2D eigenvalue weighted by Crippen LogP contribution is 2.43. The van der Waals surface area contributed by atoms with Crippen LogP contribution in [0.1, 0.15) is 31.0 Å². The number of ether oxygens (including phenoxy) is 1. The first-order chi connectivity index (χ1) is 18.8. The molecule has 3 aliphatic rings. The van der Waals surface area contributed by atoms with Gasteiger partial charge in [-0.05, 0) is 54.5 Å². The average molecular weight is 540 g/mol. The van der Waals surface area contributed by atoms with Crippen LogP contribution in [0.3, 0.4) is 0 Å². The number of carboxylic acid groups (broad SMARTS) is 1. The van der Waals surface area contributed by atoms with Gasteiger partial charge in [0.2, 0.25) is 5.54 Å². The molecule has 0 aliphatic carbocycles. The van der Waals surface area contributed by atoms with Gasteiger partial charge in [-0.1, -0.05) is 19.1 Å². The Labute approximate surface area is 226 Å². The normalized spacial score (nSPS) is 20.2. The monoisotopic (exact) mass is 539 g/mol. The highest BCUT2D eigenvalue weighted by Gasteiger charge is 2.59. The van der Waals surface area contributed by atoms with Gasteiger partial charge in [-0.15, -0.1) is 0 Å². The molecule has 12 heteroatoms. The molecule has 0 radical (unpaired) electrons. The number of aliphatic hydroxyl groups excluding tert-OH is 1. The molecular weight excluding hydrogens is 506 g/mol. The van der Waals surface area contributed by atoms with Crippen LogP contribution in [-0.2, 0) is 26.3 Å². The number of nitrogens with one attached hydrogen (secondary N) is 2. The number of aliphatic hydroxyl groups is 1. The Hall–Kier alpha value is -3.87. The van der Waals surface area contributed by atoms with E-state index in [0.717, 1.165) is 32.4 Å². The minimum Gasteiger partial charge on any atom is -0.483 e. The number of barbiturate groups is 1. The van der Waals surface area contributed by atoms with Gasteiger partial charge in [0.1, 0.15) is 11.5 Å². The van der Waals surface area contributed by atoms with Crippen molar-refractivity contribution in [2.24, 2.45) is 5.41 Å². The molecule has 0 atom stereocenters. The fourth-order valence-electron chi connectivity index (χ4n) is 5.62. The van der Waals surface area contributed by atoms with E-state index in [4.69, 9.17) is 14.6 Å². The van der Waals surface area contributed by atoms with Crippen LogP contribution in [-0.4, -0.2) is 88.6 Å². The van der Waals surface area contributed by atoms with Crippen LogP contribution in [0.5, 0.6) is 11.5 Å². The Morgan fingerprint density at radius 3 is 2.10 bits per heavy atom. The minimum absolute atomic E-state index is 0.128. The van der Waals surface area contributed by atoms with Gasteiger partial charge < -0.3 is 14.9 Å². The van der Waals surface area contributed by atoms with Crippen LogP contribution in [0, 0.1) is 5.41 Å². The van der Waals surface area contributed by atoms with Crippen LogP contribution in [0.2, 0.25) is 0 Å². The quantitative estimate of drug-likeness (QED) is 0.296. The van der Waals surface area contributed by atoms with Crippen molar-refractivity contribution in [2.45, 2.75) is 31.7 Å². The standard InChI is InChI=1S/C26H31N5O5.CH2O2/c1-2-18-3-5-19(6-4-18)36-20-7-8-21(27-15-20)26(22(33)28-24(35)29-23(26)34)31-11-9-25(10-12-31)16-30(17-25)13-14-32;2-1-3/h3-8,15,32H,2,9-14,16-17H2,1H3,(H2,28,29,33,34,35);1H,(H,2,3). The molecule has 208 valence electrons. The molecule has 1 aromatic carbocycles. The van der Waals surface area contributed by atoms with Crippen molar-refractivity contribution >= 4 is 24.3 Å². The number of amides is 4. The molecule has 0 saturated carbocycles. The molecule has 3 fully saturated rings. The topological polar surface area (TPSA) is 161 Å². The molecule has 4 amide bonds. The molecule has 12 nitrogen and oxygen atoms in total. The van der Waals surface area contributed by atoms with Gasteiger partial charge in [-0.2, -0.15) is 0 Å². The summed E-state index contributed by atoms with van der Waals surface area (Å²) in [4.78, 5) is 55.4. The van der Waals surface area contributed by atoms with E-state index in [0.29, 0.717) is 31.1 Å². The molecule has 0 bridgehead atoms. The van der Waals surface area contributed by atoms with E-state index in [1.54, 1.807) is 12.1 Å². The second-order valence-corrected chi connectivity index (χ2v) is 9.95. The van der Waals surface area contributed by atoms with Gasteiger partial charge in [0, 0.05) is 32.7 Å². The van der Waals surface area contributed by atoms with Crippen molar-refractivity contribution in [3.63, 3.8) is 0 Å². The van der Waals surface area contributed by atoms with E-state index in [9.17, 15) is 19.5 Å². The molecule has 5 rings (SSSR count). The summed E-state index contributed by atoms with van der Waals surface area (Å²) in [5, 5.41) is 20.6. The third-order valence-electron chi connectivity index (χ3n) is 7.62. The number of rotatable bonds is 7. The van der Waals surface area contributed by atoms with Crippen LogP contribution in [0.4, 0.5) is 4.79 Å². The molecule has 3 aliphatic heterocycles. The number of carbonyl (C=O) groups excluding carboxylic acids is 3. The second kappa shape index (κ2) is 11.9. The first-order valence-corrected chi connectivity index (χ1v) is 12.9. The third-order valence-corrected chi connectivity index (χ3v) is 7.62. The number of imide groups is 2. The summed E-state index contributed by atoms with van der Waals surface area (Å²) in [6.07, 6.45) is 4.04. The Balaban J connectivity index is 0.00000112. The van der Waals surface area contributed by atoms with Gasteiger partial charge in [0.25, 0.3) is 18.3 Å². The lowest BCUT2D eigenvalue weighted by molar-refractivity contribution is -0.153. The lowest BCUT2D eigenvalue weighted by atomic mass is 9.70. The number of β-amino-alcohol motifs (C(OH)–C–C–N with tert-alkyl or cyclic N) is 1. The zero-order valence-electron chi connectivity index (χ0n) is 21.8. The summed E-state index contributed by atoms with van der Waals surface area (Å²) in [6.45, 7) is 5.43. The molecule has 4 heterocycles. The smallest absolute Gasteiger partial charge is 0.328 e. The van der Waals surface area contributed by atoms with E-state index in [2.05, 4.69) is 27.4 Å². The molecule has 2 aromatic rings. The van der Waals surface area contributed by atoms with Gasteiger partial charge >= 0.3 is 6.03 Å². The number of nitrogens with zero attached hydrogens (tertiary/aromatic N) is 3. The Morgan fingerprint density at radius 1 is 1.00 bits per heavy atom. The number of likely N-dealkylation sites (tertiary alicyclic amines) is 2. The maximum atomic E-state index is 13.3. The van der Waals surface area contributed by atoms with Crippen molar-refractivity contribution in [3.8, 4) is 11.5 Å². The Kier molecular flexibility index (Phi) is 8.58.